The molecule has 2 heterocycles. The molecule has 25 heavy (non-hydrogen) atoms. The lowest BCUT2D eigenvalue weighted by Gasteiger charge is -2.25. The summed E-state index contributed by atoms with van der Waals surface area (Å²) in [5.74, 6) is -4.15. The summed E-state index contributed by atoms with van der Waals surface area (Å²) in [4.78, 5) is 4.53. The zero-order valence-corrected chi connectivity index (χ0v) is 14.1. The maximum Gasteiger partial charge on any atom is 0.256 e. The van der Waals surface area contributed by atoms with Crippen molar-refractivity contribution in [3.8, 4) is 5.88 Å². The van der Waals surface area contributed by atoms with E-state index in [9.17, 15) is 13.2 Å². The van der Waals surface area contributed by atoms with Crippen molar-refractivity contribution in [1.29, 1.82) is 0 Å². The standard InChI is InChI=1S/C18H20F3N3O/c1-24(2)15-13(19)17(21)23-18(14(15)20)25-16(12-8-9-22-10-12)11-6-4-3-5-7-11/h3-7,12,16,22H,8-10H2,1-2H3/t12-,16-/m0/s1. The first kappa shape index (κ1) is 17.5. The Labute approximate surface area is 144 Å². The van der Waals surface area contributed by atoms with Crippen LogP contribution in [-0.2, 0) is 0 Å². The summed E-state index contributed by atoms with van der Waals surface area (Å²) < 4.78 is 48.2. The second-order valence-electron chi connectivity index (χ2n) is 6.28. The summed E-state index contributed by atoms with van der Waals surface area (Å²) in [6.45, 7) is 1.53. The Hall–Kier alpha value is -2.28. The average Bonchev–Trinajstić information content (AvgIpc) is 3.12. The molecule has 4 nitrogen and oxygen atoms in total. The fraction of sp³-hybridized carbons (Fsp3) is 0.389. The lowest BCUT2D eigenvalue weighted by molar-refractivity contribution is 0.129. The number of nitrogens with zero attached hydrogens (tertiary/aromatic N) is 2. The zero-order valence-electron chi connectivity index (χ0n) is 14.1. The fourth-order valence-electron chi connectivity index (χ4n) is 3.09. The van der Waals surface area contributed by atoms with E-state index in [1.165, 1.54) is 14.1 Å². The number of hydrogen-bond acceptors (Lipinski definition) is 4. The van der Waals surface area contributed by atoms with E-state index in [2.05, 4.69) is 10.3 Å². The van der Waals surface area contributed by atoms with E-state index in [-0.39, 0.29) is 5.92 Å². The van der Waals surface area contributed by atoms with Crippen molar-refractivity contribution >= 4 is 5.69 Å². The molecule has 0 radical (unpaired) electrons. The molecular formula is C18H20F3N3O. The molecular weight excluding hydrogens is 331 g/mol. The van der Waals surface area contributed by atoms with E-state index in [0.717, 1.165) is 23.4 Å². The molecule has 1 aliphatic heterocycles. The van der Waals surface area contributed by atoms with Crippen molar-refractivity contribution in [2.24, 2.45) is 5.92 Å². The first-order valence-electron chi connectivity index (χ1n) is 8.13. The maximum absolute atomic E-state index is 14.7. The molecule has 0 spiro atoms. The summed E-state index contributed by atoms with van der Waals surface area (Å²) in [6.07, 6.45) is 0.337. The van der Waals surface area contributed by atoms with Gasteiger partial charge < -0.3 is 15.0 Å². The second kappa shape index (κ2) is 7.31. The SMILES string of the molecule is CN(C)c1c(F)c(F)nc(O[C@@H](c2ccccc2)[C@H]2CCNC2)c1F. The minimum Gasteiger partial charge on any atom is -0.467 e. The number of nitrogens with one attached hydrogen (secondary N) is 1. The molecule has 1 aliphatic rings. The number of benzene rings is 1. The lowest BCUT2D eigenvalue weighted by atomic mass is 9.95. The molecule has 0 saturated carbocycles. The van der Waals surface area contributed by atoms with Gasteiger partial charge in [0.05, 0.1) is 0 Å². The van der Waals surface area contributed by atoms with Gasteiger partial charge in [-0.3, -0.25) is 0 Å². The van der Waals surface area contributed by atoms with Gasteiger partial charge in [0.25, 0.3) is 11.8 Å². The predicted molar refractivity (Wildman–Crippen MR) is 89.2 cm³/mol. The van der Waals surface area contributed by atoms with Gasteiger partial charge in [-0.05, 0) is 18.5 Å². The van der Waals surface area contributed by atoms with Crippen molar-refractivity contribution in [3.05, 3.63) is 53.5 Å². The van der Waals surface area contributed by atoms with Crippen LogP contribution in [0.4, 0.5) is 18.9 Å². The van der Waals surface area contributed by atoms with Gasteiger partial charge in [0.1, 0.15) is 11.8 Å². The smallest absolute Gasteiger partial charge is 0.256 e. The molecule has 1 fully saturated rings. The van der Waals surface area contributed by atoms with E-state index < -0.39 is 35.3 Å². The van der Waals surface area contributed by atoms with Gasteiger partial charge in [0.15, 0.2) is 0 Å². The van der Waals surface area contributed by atoms with Crippen molar-refractivity contribution in [2.45, 2.75) is 12.5 Å². The van der Waals surface area contributed by atoms with Gasteiger partial charge in [-0.1, -0.05) is 30.3 Å². The number of hydrogen-bond donors (Lipinski definition) is 1. The largest absolute Gasteiger partial charge is 0.467 e. The molecule has 0 unspecified atom stereocenters. The summed E-state index contributed by atoms with van der Waals surface area (Å²) >= 11 is 0. The molecule has 1 aromatic heterocycles. The summed E-state index contributed by atoms with van der Waals surface area (Å²) in [5.41, 5.74) is 0.340. The normalized spacial score (nSPS) is 18.2. The van der Waals surface area contributed by atoms with Crippen molar-refractivity contribution in [1.82, 2.24) is 10.3 Å². The highest BCUT2D eigenvalue weighted by Gasteiger charge is 2.31. The van der Waals surface area contributed by atoms with Crippen LogP contribution in [-0.4, -0.2) is 32.2 Å². The molecule has 1 aromatic carbocycles. The Morgan fingerprint density at radius 1 is 1.16 bits per heavy atom. The molecule has 0 aliphatic carbocycles. The minimum atomic E-state index is -1.38. The Balaban J connectivity index is 2.00. The van der Waals surface area contributed by atoms with E-state index in [0.29, 0.717) is 6.54 Å². The van der Waals surface area contributed by atoms with Gasteiger partial charge in [-0.15, -0.1) is 0 Å². The Kier molecular flexibility index (Phi) is 5.13. The summed E-state index contributed by atoms with van der Waals surface area (Å²) in [5, 5.41) is 3.24. The highest BCUT2D eigenvalue weighted by atomic mass is 19.2. The van der Waals surface area contributed by atoms with Gasteiger partial charge in [0.2, 0.25) is 11.6 Å². The van der Waals surface area contributed by atoms with Crippen molar-refractivity contribution in [2.75, 3.05) is 32.1 Å². The van der Waals surface area contributed by atoms with Gasteiger partial charge in [-0.25, -0.2) is 0 Å². The third-order valence-corrected chi connectivity index (χ3v) is 4.32. The second-order valence-corrected chi connectivity index (χ2v) is 6.28. The van der Waals surface area contributed by atoms with E-state index in [4.69, 9.17) is 4.74 Å². The van der Waals surface area contributed by atoms with Crippen molar-refractivity contribution in [3.63, 3.8) is 0 Å². The van der Waals surface area contributed by atoms with E-state index >= 15 is 0 Å². The maximum atomic E-state index is 14.7. The molecule has 3 rings (SSSR count). The van der Waals surface area contributed by atoms with Crippen LogP contribution in [0.3, 0.4) is 0 Å². The third-order valence-electron chi connectivity index (χ3n) is 4.32. The minimum absolute atomic E-state index is 0.0829. The molecule has 0 bridgehead atoms. The highest BCUT2D eigenvalue weighted by Crippen LogP contribution is 2.35. The van der Waals surface area contributed by atoms with Crippen LogP contribution >= 0.6 is 0 Å². The molecule has 2 aromatic rings. The van der Waals surface area contributed by atoms with Gasteiger partial charge >= 0.3 is 0 Å². The number of aromatic nitrogens is 1. The van der Waals surface area contributed by atoms with Gasteiger partial charge in [0, 0.05) is 26.6 Å². The predicted octanol–water partition coefficient (Wildman–Crippen LogP) is 3.29. The van der Waals surface area contributed by atoms with Gasteiger partial charge in [-0.2, -0.15) is 18.2 Å². The third kappa shape index (κ3) is 3.56. The monoisotopic (exact) mass is 351 g/mol. The number of pyridine rings is 1. The van der Waals surface area contributed by atoms with Crippen molar-refractivity contribution < 1.29 is 17.9 Å². The fourth-order valence-corrected chi connectivity index (χ4v) is 3.09. The average molecular weight is 351 g/mol. The number of halogens is 3. The summed E-state index contributed by atoms with van der Waals surface area (Å²) in [6, 6.07) is 9.32. The molecule has 1 saturated heterocycles. The van der Waals surface area contributed by atoms with Crippen LogP contribution in [0.2, 0.25) is 0 Å². The molecule has 0 amide bonds. The van der Waals surface area contributed by atoms with E-state index in [1.54, 1.807) is 0 Å². The number of ether oxygens (including phenoxy) is 1. The quantitative estimate of drug-likeness (QED) is 0.839. The first-order chi connectivity index (χ1) is 12.0. The topological polar surface area (TPSA) is 37.4 Å². The van der Waals surface area contributed by atoms with Crippen LogP contribution < -0.4 is 15.0 Å². The van der Waals surface area contributed by atoms with Crippen LogP contribution in [0.1, 0.15) is 18.1 Å². The summed E-state index contributed by atoms with van der Waals surface area (Å²) in [7, 11) is 2.86. The molecule has 2 atom stereocenters. The molecule has 7 heteroatoms. The van der Waals surface area contributed by atoms with E-state index in [1.807, 2.05) is 30.3 Å². The molecule has 134 valence electrons. The van der Waals surface area contributed by atoms with Crippen LogP contribution in [0.5, 0.6) is 5.88 Å². The molecule has 1 N–H and O–H groups in total. The van der Waals surface area contributed by atoms with Crippen LogP contribution in [0.15, 0.2) is 30.3 Å². The first-order valence-corrected chi connectivity index (χ1v) is 8.13. The lowest BCUT2D eigenvalue weighted by Crippen LogP contribution is -2.23. The highest BCUT2D eigenvalue weighted by molar-refractivity contribution is 5.50. The zero-order chi connectivity index (χ0) is 18.0. The van der Waals surface area contributed by atoms with Crippen LogP contribution in [0.25, 0.3) is 0 Å². The number of rotatable bonds is 5. The Bertz CT molecular complexity index is 734. The Morgan fingerprint density at radius 3 is 2.48 bits per heavy atom. The Morgan fingerprint density at radius 2 is 1.88 bits per heavy atom. The number of anilines is 1. The van der Waals surface area contributed by atoms with Crippen LogP contribution in [0, 0.1) is 23.5 Å².